The predicted molar refractivity (Wildman–Crippen MR) is 77.0 cm³/mol. The van der Waals surface area contributed by atoms with E-state index in [1.54, 1.807) is 13.2 Å². The standard InChI is InChI=1S/C14H11N4OSe/c1-19-11-5-3-2-4-8(11)12-9(6-15)13(17)18-14(20)10(12)7-16/h2-5,12,15H,1H3,(H2,17,18). The fraction of sp³-hybridized carbons (Fsp3) is 0.143. The van der Waals surface area contributed by atoms with E-state index in [4.69, 9.17) is 15.9 Å². The molecule has 0 fully saturated rings. The molecule has 3 N–H and O–H groups in total. The molecule has 1 radical (unpaired) electrons. The summed E-state index contributed by atoms with van der Waals surface area (Å²) < 4.78 is 5.76. The zero-order valence-corrected chi connectivity index (χ0v) is 12.4. The third-order valence-electron chi connectivity index (χ3n) is 3.01. The molecule has 0 aromatic heterocycles. The van der Waals surface area contributed by atoms with Gasteiger partial charge in [0.25, 0.3) is 0 Å². The Kier molecular flexibility index (Phi) is 4.07. The number of nitrogens with zero attached hydrogens (tertiary/aromatic N) is 2. The molecule has 0 spiro atoms. The summed E-state index contributed by atoms with van der Waals surface area (Å²) in [5, 5.41) is 16.8. The first-order valence-corrected chi connectivity index (χ1v) is 6.58. The van der Waals surface area contributed by atoms with Crippen molar-refractivity contribution >= 4 is 27.7 Å². The van der Waals surface area contributed by atoms with E-state index < -0.39 is 5.92 Å². The molecule has 1 aliphatic rings. The summed E-state index contributed by atoms with van der Waals surface area (Å²) in [6.07, 6.45) is 0. The number of nitrogens with one attached hydrogen (secondary N) is 1. The number of benzene rings is 1. The molecule has 1 aliphatic heterocycles. The van der Waals surface area contributed by atoms with Crippen LogP contribution >= 0.6 is 0 Å². The van der Waals surface area contributed by atoms with E-state index >= 15 is 0 Å². The van der Waals surface area contributed by atoms with Crippen LogP contribution in [0.15, 0.2) is 45.0 Å². The van der Waals surface area contributed by atoms with Gasteiger partial charge < -0.3 is 0 Å². The van der Waals surface area contributed by atoms with Crippen molar-refractivity contribution in [2.24, 2.45) is 10.7 Å². The summed E-state index contributed by atoms with van der Waals surface area (Å²) >= 11 is 2.74. The van der Waals surface area contributed by atoms with Crippen molar-refractivity contribution < 1.29 is 4.74 Å². The first-order valence-electron chi connectivity index (χ1n) is 5.72. The maximum absolute atomic E-state index is 9.38. The van der Waals surface area contributed by atoms with Gasteiger partial charge in [-0.25, -0.2) is 0 Å². The van der Waals surface area contributed by atoms with Crippen LogP contribution < -0.4 is 10.5 Å². The summed E-state index contributed by atoms with van der Waals surface area (Å²) in [6, 6.07) is 9.44. The van der Waals surface area contributed by atoms with Crippen LogP contribution in [0.25, 0.3) is 0 Å². The molecule has 0 amide bonds. The van der Waals surface area contributed by atoms with Crippen molar-refractivity contribution in [2.45, 2.75) is 5.92 Å². The van der Waals surface area contributed by atoms with Gasteiger partial charge in [-0.15, -0.1) is 0 Å². The average Bonchev–Trinajstić information content (AvgIpc) is 2.46. The number of para-hydroxylation sites is 1. The van der Waals surface area contributed by atoms with Crippen LogP contribution in [0.4, 0.5) is 0 Å². The van der Waals surface area contributed by atoms with E-state index in [1.165, 1.54) is 0 Å². The Morgan fingerprint density at radius 3 is 2.75 bits per heavy atom. The second-order valence-electron chi connectivity index (χ2n) is 4.04. The van der Waals surface area contributed by atoms with Crippen molar-refractivity contribution in [3.05, 3.63) is 45.6 Å². The van der Waals surface area contributed by atoms with E-state index in [1.807, 2.05) is 18.2 Å². The Morgan fingerprint density at radius 2 is 2.15 bits per heavy atom. The first-order chi connectivity index (χ1) is 9.63. The molecule has 0 bridgehead atoms. The number of rotatable bonds is 2. The molecule has 0 saturated heterocycles. The molecule has 1 atom stereocenters. The van der Waals surface area contributed by atoms with E-state index in [0.717, 1.165) is 5.56 Å². The van der Waals surface area contributed by atoms with Crippen LogP contribution in [-0.2, 0) is 0 Å². The van der Waals surface area contributed by atoms with Crippen LogP contribution in [0, 0.1) is 16.7 Å². The third kappa shape index (κ3) is 2.26. The number of methoxy groups -OCH3 is 1. The van der Waals surface area contributed by atoms with Gasteiger partial charge in [0.1, 0.15) is 0 Å². The molecule has 2 rings (SSSR count). The van der Waals surface area contributed by atoms with E-state index in [-0.39, 0.29) is 5.84 Å². The van der Waals surface area contributed by atoms with Crippen LogP contribution in [-0.4, -0.2) is 34.8 Å². The van der Waals surface area contributed by atoms with Crippen LogP contribution in [0.2, 0.25) is 0 Å². The van der Waals surface area contributed by atoms with Gasteiger partial charge in [-0.05, 0) is 0 Å². The monoisotopic (exact) mass is 331 g/mol. The predicted octanol–water partition coefficient (Wildman–Crippen LogP) is 1.23. The molecule has 5 nitrogen and oxygen atoms in total. The zero-order valence-electron chi connectivity index (χ0n) is 10.7. The van der Waals surface area contributed by atoms with Crippen molar-refractivity contribution in [3.8, 4) is 11.8 Å². The van der Waals surface area contributed by atoms with Crippen molar-refractivity contribution in [3.63, 3.8) is 0 Å². The average molecular weight is 330 g/mol. The summed E-state index contributed by atoms with van der Waals surface area (Å²) in [7, 11) is 1.56. The molecule has 1 aromatic rings. The molecule has 1 heterocycles. The fourth-order valence-corrected chi connectivity index (χ4v) is 2.66. The number of aliphatic imine (C=N–C) groups is 1. The normalized spacial score (nSPS) is 18.1. The van der Waals surface area contributed by atoms with Gasteiger partial charge >= 0.3 is 124 Å². The van der Waals surface area contributed by atoms with E-state index in [0.29, 0.717) is 21.5 Å². The quantitative estimate of drug-likeness (QED) is 0.631. The number of hydrogen-bond donors (Lipinski definition) is 2. The maximum atomic E-state index is 9.38. The number of hydrogen-bond acceptors (Lipinski definition) is 5. The number of ether oxygens (including phenoxy) is 1. The van der Waals surface area contributed by atoms with Crippen molar-refractivity contribution in [2.75, 3.05) is 7.11 Å². The van der Waals surface area contributed by atoms with Crippen LogP contribution in [0.1, 0.15) is 11.5 Å². The Morgan fingerprint density at radius 1 is 1.45 bits per heavy atom. The Balaban J connectivity index is 2.73. The van der Waals surface area contributed by atoms with E-state index in [9.17, 15) is 5.26 Å². The minimum absolute atomic E-state index is 0.184. The second-order valence-corrected chi connectivity index (χ2v) is 4.85. The fourth-order valence-electron chi connectivity index (χ4n) is 2.11. The Hall–Kier alpha value is -2.31. The first kappa shape index (κ1) is 14.1. The zero-order chi connectivity index (χ0) is 14.7. The number of nitrogens with two attached hydrogens (primary N) is 1. The molecule has 0 saturated carbocycles. The van der Waals surface area contributed by atoms with Gasteiger partial charge in [0, 0.05) is 0 Å². The Labute approximate surface area is 124 Å². The number of amidine groups is 1. The summed E-state index contributed by atoms with van der Waals surface area (Å²) in [5.74, 6) is 2.61. The molecule has 1 unspecified atom stereocenters. The van der Waals surface area contributed by atoms with Gasteiger partial charge in [0.05, 0.1) is 0 Å². The van der Waals surface area contributed by atoms with Crippen molar-refractivity contribution in [1.29, 1.82) is 10.7 Å². The SMILES string of the molecule is COc1ccccc1C1C(=C=N)C(N)=NC([Se])=C1C#N. The van der Waals surface area contributed by atoms with Gasteiger partial charge in [0.15, 0.2) is 0 Å². The number of nitriles is 1. The minimum atomic E-state index is -0.498. The summed E-state index contributed by atoms with van der Waals surface area (Å²) in [4.78, 5) is 4.05. The molecule has 1 aromatic carbocycles. The van der Waals surface area contributed by atoms with Crippen LogP contribution in [0.3, 0.4) is 0 Å². The third-order valence-corrected chi connectivity index (χ3v) is 3.66. The Bertz CT molecular complexity index is 708. The molecular weight excluding hydrogens is 319 g/mol. The van der Waals surface area contributed by atoms with E-state index in [2.05, 4.69) is 32.9 Å². The van der Waals surface area contributed by atoms with Crippen molar-refractivity contribution in [1.82, 2.24) is 0 Å². The molecular formula is C14H11N4OSe. The molecule has 6 heteroatoms. The van der Waals surface area contributed by atoms with Crippen LogP contribution in [0.5, 0.6) is 5.75 Å². The second kappa shape index (κ2) is 5.77. The van der Waals surface area contributed by atoms with Gasteiger partial charge in [-0.2, -0.15) is 0 Å². The van der Waals surface area contributed by atoms with Gasteiger partial charge in [0.2, 0.25) is 0 Å². The molecule has 20 heavy (non-hydrogen) atoms. The molecule has 0 aliphatic carbocycles. The molecule has 99 valence electrons. The van der Waals surface area contributed by atoms with Gasteiger partial charge in [-0.1, -0.05) is 0 Å². The topological polar surface area (TPSA) is 95.2 Å². The van der Waals surface area contributed by atoms with Gasteiger partial charge in [-0.3, -0.25) is 0 Å². The summed E-state index contributed by atoms with van der Waals surface area (Å²) in [5.41, 5.74) is 7.37. The number of allylic oxidation sites excluding steroid dienone is 1. The summed E-state index contributed by atoms with van der Waals surface area (Å²) in [6.45, 7) is 0.